The quantitative estimate of drug-likeness (QED) is 0.265. The van der Waals surface area contributed by atoms with Crippen LogP contribution in [0.5, 0.6) is 0 Å². The van der Waals surface area contributed by atoms with E-state index >= 15 is 0 Å². The summed E-state index contributed by atoms with van der Waals surface area (Å²) in [7, 11) is 0. The molecule has 0 radical (unpaired) electrons. The van der Waals surface area contributed by atoms with E-state index in [0.29, 0.717) is 12.3 Å². The van der Waals surface area contributed by atoms with Crippen LogP contribution in [0.15, 0.2) is 5.16 Å². The number of rotatable bonds is 4. The van der Waals surface area contributed by atoms with Crippen LogP contribution in [-0.4, -0.2) is 22.5 Å². The topological polar surface area (TPSA) is 87.7 Å². The third kappa shape index (κ3) is 2.90. The Labute approximate surface area is 83.3 Å². The van der Waals surface area contributed by atoms with Crippen LogP contribution in [0.4, 0.5) is 0 Å². The number of carbonyl (C=O) groups is 1. The van der Waals surface area contributed by atoms with E-state index in [-0.39, 0.29) is 11.7 Å². The van der Waals surface area contributed by atoms with Gasteiger partial charge >= 0.3 is 0 Å². The number of nitrogens with zero attached hydrogens (tertiary/aromatic N) is 1. The zero-order chi connectivity index (χ0) is 10.8. The van der Waals surface area contributed by atoms with Crippen molar-refractivity contribution in [1.29, 1.82) is 0 Å². The monoisotopic (exact) mass is 199 g/mol. The highest BCUT2D eigenvalue weighted by molar-refractivity contribution is 5.93. The molecule has 0 saturated heterocycles. The number of nitrogens with one attached hydrogen (secondary N) is 1. The van der Waals surface area contributed by atoms with Crippen molar-refractivity contribution in [1.82, 2.24) is 5.32 Å². The normalized spacial score (nSPS) is 18.0. The number of amidine groups is 1. The summed E-state index contributed by atoms with van der Waals surface area (Å²) < 4.78 is 0. The Morgan fingerprint density at radius 3 is 2.64 bits per heavy atom. The fourth-order valence-corrected chi connectivity index (χ4v) is 1.17. The van der Waals surface area contributed by atoms with E-state index in [9.17, 15) is 4.79 Å². The van der Waals surface area contributed by atoms with Crippen LogP contribution in [-0.2, 0) is 4.79 Å². The van der Waals surface area contributed by atoms with Crippen molar-refractivity contribution < 1.29 is 10.0 Å². The second-order valence-electron chi connectivity index (χ2n) is 4.31. The summed E-state index contributed by atoms with van der Waals surface area (Å²) in [6.07, 6.45) is 2.82. The number of oxime groups is 1. The molecule has 14 heavy (non-hydrogen) atoms. The molecular formula is C9H17N3O2. The van der Waals surface area contributed by atoms with Gasteiger partial charge in [-0.3, -0.25) is 4.79 Å². The van der Waals surface area contributed by atoms with Gasteiger partial charge in [0.1, 0.15) is 0 Å². The molecule has 0 spiro atoms. The minimum Gasteiger partial charge on any atom is -0.409 e. The fourth-order valence-electron chi connectivity index (χ4n) is 1.17. The summed E-state index contributed by atoms with van der Waals surface area (Å²) >= 11 is 0. The zero-order valence-electron chi connectivity index (χ0n) is 8.58. The van der Waals surface area contributed by atoms with Gasteiger partial charge in [0.2, 0.25) is 5.91 Å². The van der Waals surface area contributed by atoms with Gasteiger partial charge in [0.15, 0.2) is 5.84 Å². The summed E-state index contributed by atoms with van der Waals surface area (Å²) in [5, 5.41) is 14.1. The number of hydrogen-bond acceptors (Lipinski definition) is 3. The number of amides is 1. The highest BCUT2D eigenvalue weighted by atomic mass is 16.4. The lowest BCUT2D eigenvalue weighted by atomic mass is 10.0. The Hall–Kier alpha value is -1.26. The predicted molar refractivity (Wildman–Crippen MR) is 53.0 cm³/mol. The van der Waals surface area contributed by atoms with E-state index in [1.54, 1.807) is 13.8 Å². The van der Waals surface area contributed by atoms with Gasteiger partial charge in [-0.25, -0.2) is 0 Å². The van der Waals surface area contributed by atoms with Crippen molar-refractivity contribution >= 4 is 11.7 Å². The maximum absolute atomic E-state index is 11.4. The van der Waals surface area contributed by atoms with Crippen LogP contribution in [0.3, 0.4) is 0 Å². The molecule has 1 aliphatic rings. The molecule has 1 aliphatic carbocycles. The van der Waals surface area contributed by atoms with Crippen molar-refractivity contribution in [3.63, 3.8) is 0 Å². The maximum atomic E-state index is 11.4. The molecule has 0 aromatic rings. The average molecular weight is 199 g/mol. The van der Waals surface area contributed by atoms with E-state index < -0.39 is 5.54 Å². The standard InChI is InChI=1S/C9H17N3O2/c1-9(2,8(10)12-14)11-7(13)5-6-3-4-6/h6,14H,3-5H2,1-2H3,(H2,10,12)(H,11,13). The van der Waals surface area contributed by atoms with E-state index in [4.69, 9.17) is 10.9 Å². The lowest BCUT2D eigenvalue weighted by molar-refractivity contribution is -0.122. The van der Waals surface area contributed by atoms with Crippen molar-refractivity contribution in [2.24, 2.45) is 16.8 Å². The van der Waals surface area contributed by atoms with E-state index in [1.165, 1.54) is 0 Å². The Kier molecular flexibility index (Phi) is 2.98. The van der Waals surface area contributed by atoms with E-state index in [2.05, 4.69) is 10.5 Å². The first kappa shape index (κ1) is 10.8. The summed E-state index contributed by atoms with van der Waals surface area (Å²) in [5.74, 6) is 0.517. The average Bonchev–Trinajstić information content (AvgIpc) is 2.85. The minimum atomic E-state index is -0.777. The van der Waals surface area contributed by atoms with Gasteiger partial charge in [-0.05, 0) is 32.6 Å². The van der Waals surface area contributed by atoms with Crippen LogP contribution in [0, 0.1) is 5.92 Å². The molecule has 0 unspecified atom stereocenters. The molecule has 5 nitrogen and oxygen atoms in total. The van der Waals surface area contributed by atoms with Gasteiger partial charge in [-0.15, -0.1) is 0 Å². The Balaban J connectivity index is 2.43. The highest BCUT2D eigenvalue weighted by Gasteiger charge is 2.29. The van der Waals surface area contributed by atoms with Crippen LogP contribution in [0.2, 0.25) is 0 Å². The van der Waals surface area contributed by atoms with Crippen LogP contribution in [0.25, 0.3) is 0 Å². The zero-order valence-corrected chi connectivity index (χ0v) is 8.58. The number of nitrogens with two attached hydrogens (primary N) is 1. The van der Waals surface area contributed by atoms with E-state index in [0.717, 1.165) is 12.8 Å². The molecule has 4 N–H and O–H groups in total. The summed E-state index contributed by atoms with van der Waals surface area (Å²) in [4.78, 5) is 11.4. The van der Waals surface area contributed by atoms with E-state index in [1.807, 2.05) is 0 Å². The minimum absolute atomic E-state index is 0.0154. The summed E-state index contributed by atoms with van der Waals surface area (Å²) in [6.45, 7) is 3.40. The van der Waals surface area contributed by atoms with Gasteiger partial charge in [0.25, 0.3) is 0 Å². The molecule has 0 aromatic heterocycles. The fraction of sp³-hybridized carbons (Fsp3) is 0.778. The summed E-state index contributed by atoms with van der Waals surface area (Å²) in [5.41, 5.74) is 4.65. The molecule has 0 aliphatic heterocycles. The second-order valence-corrected chi connectivity index (χ2v) is 4.31. The molecule has 80 valence electrons. The van der Waals surface area contributed by atoms with Crippen molar-refractivity contribution in [3.05, 3.63) is 0 Å². The molecule has 0 aromatic carbocycles. The molecule has 1 fully saturated rings. The third-order valence-corrected chi connectivity index (χ3v) is 2.37. The van der Waals surface area contributed by atoms with Crippen molar-refractivity contribution in [3.8, 4) is 0 Å². The maximum Gasteiger partial charge on any atom is 0.221 e. The Morgan fingerprint density at radius 2 is 2.21 bits per heavy atom. The molecule has 1 amide bonds. The largest absolute Gasteiger partial charge is 0.409 e. The second kappa shape index (κ2) is 3.86. The van der Waals surface area contributed by atoms with Crippen LogP contribution < -0.4 is 11.1 Å². The lowest BCUT2D eigenvalue weighted by Crippen LogP contribution is -2.53. The molecule has 0 bridgehead atoms. The summed E-state index contributed by atoms with van der Waals surface area (Å²) in [6, 6.07) is 0. The number of hydrogen-bond donors (Lipinski definition) is 3. The van der Waals surface area contributed by atoms with Crippen molar-refractivity contribution in [2.45, 2.75) is 38.6 Å². The molecule has 1 saturated carbocycles. The Morgan fingerprint density at radius 1 is 1.64 bits per heavy atom. The van der Waals surface area contributed by atoms with Gasteiger partial charge in [0, 0.05) is 6.42 Å². The van der Waals surface area contributed by atoms with Gasteiger partial charge in [-0.2, -0.15) is 0 Å². The van der Waals surface area contributed by atoms with Gasteiger partial charge < -0.3 is 16.3 Å². The Bertz CT molecular complexity index is 257. The highest BCUT2D eigenvalue weighted by Crippen LogP contribution is 2.32. The smallest absolute Gasteiger partial charge is 0.221 e. The predicted octanol–water partition coefficient (Wildman–Crippen LogP) is 0.428. The first-order valence-electron chi connectivity index (χ1n) is 4.74. The lowest BCUT2D eigenvalue weighted by Gasteiger charge is -2.24. The molecular weight excluding hydrogens is 182 g/mol. The van der Waals surface area contributed by atoms with Crippen molar-refractivity contribution in [2.75, 3.05) is 0 Å². The van der Waals surface area contributed by atoms with Crippen LogP contribution in [0.1, 0.15) is 33.1 Å². The molecule has 0 heterocycles. The SMILES string of the molecule is CC(C)(NC(=O)CC1CC1)C(N)=NO. The van der Waals surface area contributed by atoms with Crippen LogP contribution >= 0.6 is 0 Å². The third-order valence-electron chi connectivity index (χ3n) is 2.37. The van der Waals surface area contributed by atoms with Gasteiger partial charge in [0.05, 0.1) is 5.54 Å². The van der Waals surface area contributed by atoms with Gasteiger partial charge in [-0.1, -0.05) is 5.16 Å². The molecule has 0 atom stereocenters. The molecule has 5 heteroatoms. The first-order chi connectivity index (χ1) is 6.45. The molecule has 1 rings (SSSR count). The number of carbonyl (C=O) groups excluding carboxylic acids is 1. The first-order valence-corrected chi connectivity index (χ1v) is 4.74.